The largest absolute Gasteiger partial charge is 0.354 e. The molecule has 1 atom stereocenters. The van der Waals surface area contributed by atoms with Crippen molar-refractivity contribution in [3.05, 3.63) is 35.9 Å². The van der Waals surface area contributed by atoms with Gasteiger partial charge in [-0.2, -0.15) is 10.2 Å². The second-order valence-electron chi connectivity index (χ2n) is 4.48. The van der Waals surface area contributed by atoms with Crippen molar-refractivity contribution in [2.75, 3.05) is 6.54 Å². The molecule has 0 saturated heterocycles. The molecule has 1 amide bonds. The molecule has 0 aromatic carbocycles. The van der Waals surface area contributed by atoms with Crippen molar-refractivity contribution in [1.29, 1.82) is 0 Å². The maximum Gasteiger partial charge on any atom is 0.244 e. The number of halogens is 1. The minimum Gasteiger partial charge on any atom is -0.354 e. The fraction of sp³-hybridized carbons (Fsp3) is 0.462. The Morgan fingerprint density at radius 2 is 2.35 bits per heavy atom. The minimum absolute atomic E-state index is 0.00491. The van der Waals surface area contributed by atoms with Gasteiger partial charge in [0.25, 0.3) is 0 Å². The zero-order chi connectivity index (χ0) is 14.4. The first kappa shape index (κ1) is 14.6. The Hall–Kier alpha value is -1.82. The van der Waals surface area contributed by atoms with Crippen LogP contribution in [0.4, 0.5) is 0 Å². The molecule has 108 valence electrons. The number of carbonyl (C=O) groups is 1. The van der Waals surface area contributed by atoms with Gasteiger partial charge in [0.1, 0.15) is 6.04 Å². The van der Waals surface area contributed by atoms with Gasteiger partial charge in [0.2, 0.25) is 5.91 Å². The smallest absolute Gasteiger partial charge is 0.244 e. The molecular formula is C13H18ClN5O. The summed E-state index contributed by atoms with van der Waals surface area (Å²) in [6, 6.07) is 1.57. The number of rotatable bonds is 7. The lowest BCUT2D eigenvalue weighted by molar-refractivity contribution is -0.124. The van der Waals surface area contributed by atoms with Crippen LogP contribution in [0.5, 0.6) is 0 Å². The molecule has 0 aliphatic rings. The lowest BCUT2D eigenvalue weighted by atomic mass is 10.2. The van der Waals surface area contributed by atoms with Gasteiger partial charge in [-0.1, -0.05) is 18.5 Å². The molecule has 2 aromatic heterocycles. The molecule has 0 radical (unpaired) electrons. The van der Waals surface area contributed by atoms with Crippen molar-refractivity contribution in [2.45, 2.75) is 32.4 Å². The summed E-state index contributed by atoms with van der Waals surface area (Å²) in [5, 5.41) is 11.7. The van der Waals surface area contributed by atoms with Crippen LogP contribution >= 0.6 is 11.6 Å². The molecule has 0 aliphatic carbocycles. The zero-order valence-electron chi connectivity index (χ0n) is 11.4. The van der Waals surface area contributed by atoms with E-state index < -0.39 is 0 Å². The highest BCUT2D eigenvalue weighted by atomic mass is 35.5. The van der Waals surface area contributed by atoms with Crippen molar-refractivity contribution in [3.8, 4) is 0 Å². The summed E-state index contributed by atoms with van der Waals surface area (Å²) in [6.45, 7) is 3.30. The molecule has 2 aromatic rings. The molecule has 6 nitrogen and oxygen atoms in total. The van der Waals surface area contributed by atoms with Crippen LogP contribution in [-0.4, -0.2) is 32.0 Å². The van der Waals surface area contributed by atoms with E-state index in [2.05, 4.69) is 15.5 Å². The van der Waals surface area contributed by atoms with Crippen LogP contribution in [-0.2, 0) is 11.3 Å². The Morgan fingerprint density at radius 3 is 2.95 bits per heavy atom. The van der Waals surface area contributed by atoms with E-state index >= 15 is 0 Å². The number of amides is 1. The summed E-state index contributed by atoms with van der Waals surface area (Å²) in [5.74, 6) is -0.00491. The summed E-state index contributed by atoms with van der Waals surface area (Å²) < 4.78 is 3.45. The van der Waals surface area contributed by atoms with Crippen LogP contribution in [0.3, 0.4) is 0 Å². The Kier molecular flexibility index (Phi) is 5.17. The molecule has 2 heterocycles. The van der Waals surface area contributed by atoms with Gasteiger partial charge in [0.05, 0.1) is 11.2 Å². The van der Waals surface area contributed by atoms with Crippen LogP contribution in [0.1, 0.15) is 25.8 Å². The van der Waals surface area contributed by atoms with Gasteiger partial charge in [-0.15, -0.1) is 0 Å². The molecule has 0 unspecified atom stereocenters. The molecule has 0 bridgehead atoms. The first-order valence-corrected chi connectivity index (χ1v) is 7.03. The highest BCUT2D eigenvalue weighted by Gasteiger charge is 2.17. The molecule has 20 heavy (non-hydrogen) atoms. The first-order chi connectivity index (χ1) is 9.70. The van der Waals surface area contributed by atoms with Gasteiger partial charge < -0.3 is 5.32 Å². The standard InChI is InChI=1S/C13H18ClN5O/c1-2-12(19-8-4-6-16-19)13(20)15-5-3-7-18-10-11(14)9-17-18/h4,6,8-10,12H,2-3,5,7H2,1H3,(H,15,20)/t12-/m1/s1. The molecule has 0 spiro atoms. The van der Waals surface area contributed by atoms with Gasteiger partial charge in [0.15, 0.2) is 0 Å². The number of hydrogen-bond acceptors (Lipinski definition) is 3. The Bertz CT molecular complexity index is 537. The van der Waals surface area contributed by atoms with Gasteiger partial charge >= 0.3 is 0 Å². The Morgan fingerprint density at radius 1 is 1.50 bits per heavy atom. The fourth-order valence-electron chi connectivity index (χ4n) is 1.99. The van der Waals surface area contributed by atoms with Crippen LogP contribution in [0, 0.1) is 0 Å². The van der Waals surface area contributed by atoms with E-state index in [9.17, 15) is 4.79 Å². The minimum atomic E-state index is -0.246. The summed E-state index contributed by atoms with van der Waals surface area (Å²) in [6.07, 6.45) is 8.37. The summed E-state index contributed by atoms with van der Waals surface area (Å²) in [7, 11) is 0. The van der Waals surface area contributed by atoms with Crippen LogP contribution < -0.4 is 5.32 Å². The fourth-order valence-corrected chi connectivity index (χ4v) is 2.14. The maximum absolute atomic E-state index is 12.1. The van der Waals surface area contributed by atoms with Crippen molar-refractivity contribution >= 4 is 17.5 Å². The van der Waals surface area contributed by atoms with Crippen molar-refractivity contribution < 1.29 is 4.79 Å². The van der Waals surface area contributed by atoms with E-state index in [0.29, 0.717) is 18.0 Å². The summed E-state index contributed by atoms with van der Waals surface area (Å²) in [5.41, 5.74) is 0. The predicted octanol–water partition coefficient (Wildman–Crippen LogP) is 1.89. The maximum atomic E-state index is 12.1. The predicted molar refractivity (Wildman–Crippen MR) is 76.4 cm³/mol. The van der Waals surface area contributed by atoms with Gasteiger partial charge in [-0.3, -0.25) is 14.2 Å². The van der Waals surface area contributed by atoms with Crippen molar-refractivity contribution in [2.24, 2.45) is 0 Å². The molecule has 2 rings (SSSR count). The number of nitrogens with one attached hydrogen (secondary N) is 1. The van der Waals surface area contributed by atoms with E-state index in [-0.39, 0.29) is 11.9 Å². The van der Waals surface area contributed by atoms with E-state index in [4.69, 9.17) is 11.6 Å². The molecule has 0 saturated carbocycles. The third kappa shape index (κ3) is 3.84. The molecule has 7 heteroatoms. The third-order valence-corrected chi connectivity index (χ3v) is 3.19. The highest BCUT2D eigenvalue weighted by Crippen LogP contribution is 2.09. The quantitative estimate of drug-likeness (QED) is 0.793. The van der Waals surface area contributed by atoms with Crippen molar-refractivity contribution in [1.82, 2.24) is 24.9 Å². The van der Waals surface area contributed by atoms with Gasteiger partial charge in [0, 0.05) is 31.7 Å². The normalized spacial score (nSPS) is 12.3. The third-order valence-electron chi connectivity index (χ3n) is 3.00. The summed E-state index contributed by atoms with van der Waals surface area (Å²) in [4.78, 5) is 12.1. The zero-order valence-corrected chi connectivity index (χ0v) is 12.1. The molecule has 1 N–H and O–H groups in total. The monoisotopic (exact) mass is 295 g/mol. The average Bonchev–Trinajstić information content (AvgIpc) is 3.08. The van der Waals surface area contributed by atoms with Crippen LogP contribution in [0.2, 0.25) is 5.02 Å². The Balaban J connectivity index is 1.74. The number of hydrogen-bond donors (Lipinski definition) is 1. The van der Waals surface area contributed by atoms with Gasteiger partial charge in [-0.05, 0) is 18.9 Å². The SMILES string of the molecule is CC[C@H](C(=O)NCCCn1cc(Cl)cn1)n1cccn1. The number of aromatic nitrogens is 4. The van der Waals surface area contributed by atoms with E-state index in [1.165, 1.54) is 0 Å². The molecular weight excluding hydrogens is 278 g/mol. The topological polar surface area (TPSA) is 64.7 Å². The number of carbonyl (C=O) groups excluding carboxylic acids is 1. The van der Waals surface area contributed by atoms with E-state index in [0.717, 1.165) is 13.0 Å². The summed E-state index contributed by atoms with van der Waals surface area (Å²) >= 11 is 5.78. The lowest BCUT2D eigenvalue weighted by Gasteiger charge is -2.15. The second-order valence-corrected chi connectivity index (χ2v) is 4.91. The highest BCUT2D eigenvalue weighted by molar-refractivity contribution is 6.30. The van der Waals surface area contributed by atoms with Gasteiger partial charge in [-0.25, -0.2) is 0 Å². The van der Waals surface area contributed by atoms with Crippen molar-refractivity contribution in [3.63, 3.8) is 0 Å². The second kappa shape index (κ2) is 7.09. The number of nitrogens with zero attached hydrogens (tertiary/aromatic N) is 4. The molecule has 0 fully saturated rings. The lowest BCUT2D eigenvalue weighted by Crippen LogP contribution is -2.33. The average molecular weight is 296 g/mol. The number of aryl methyl sites for hydroxylation is 1. The van der Waals surface area contributed by atoms with E-state index in [1.54, 1.807) is 34.2 Å². The Labute approximate surface area is 122 Å². The van der Waals surface area contributed by atoms with Crippen LogP contribution in [0.25, 0.3) is 0 Å². The van der Waals surface area contributed by atoms with E-state index in [1.807, 2.05) is 13.0 Å². The molecule has 0 aliphatic heterocycles. The van der Waals surface area contributed by atoms with Crippen LogP contribution in [0.15, 0.2) is 30.9 Å². The first-order valence-electron chi connectivity index (χ1n) is 6.65.